The number of hydrogen-bond acceptors (Lipinski definition) is 2. The second-order valence-corrected chi connectivity index (χ2v) is 5.26. The van der Waals surface area contributed by atoms with Gasteiger partial charge in [0.2, 0.25) is 0 Å². The second-order valence-electron chi connectivity index (χ2n) is 5.26. The topological polar surface area (TPSA) is 58.2 Å². The van der Waals surface area contributed by atoms with Crippen molar-refractivity contribution in [1.82, 2.24) is 10.6 Å². The van der Waals surface area contributed by atoms with Crippen molar-refractivity contribution >= 4 is 11.8 Å². The maximum Gasteiger partial charge on any atom is 0.251 e. The van der Waals surface area contributed by atoms with Gasteiger partial charge < -0.3 is 10.6 Å². The molecule has 0 aliphatic heterocycles. The molecule has 0 fully saturated rings. The molecule has 2 amide bonds. The third kappa shape index (κ3) is 3.17. The summed E-state index contributed by atoms with van der Waals surface area (Å²) >= 11 is 0. The van der Waals surface area contributed by atoms with Gasteiger partial charge in [-0.3, -0.25) is 9.59 Å². The molecular formula is C18H20N2O2. The minimum Gasteiger partial charge on any atom is -0.355 e. The Hall–Kier alpha value is -2.62. The molecule has 4 nitrogen and oxygen atoms in total. The summed E-state index contributed by atoms with van der Waals surface area (Å²) in [5.41, 5.74) is 5.15. The van der Waals surface area contributed by atoms with E-state index < -0.39 is 0 Å². The van der Waals surface area contributed by atoms with Crippen LogP contribution in [0.2, 0.25) is 0 Å². The van der Waals surface area contributed by atoms with Gasteiger partial charge >= 0.3 is 0 Å². The molecule has 0 aliphatic carbocycles. The largest absolute Gasteiger partial charge is 0.355 e. The molecule has 0 atom stereocenters. The lowest BCUT2D eigenvalue weighted by Crippen LogP contribution is -2.21. The summed E-state index contributed by atoms with van der Waals surface area (Å²) in [5.74, 6) is -0.424. The highest BCUT2D eigenvalue weighted by Gasteiger charge is 2.12. The van der Waals surface area contributed by atoms with E-state index in [0.29, 0.717) is 11.1 Å². The molecule has 0 aliphatic rings. The fourth-order valence-corrected chi connectivity index (χ4v) is 2.27. The molecular weight excluding hydrogens is 276 g/mol. The van der Waals surface area contributed by atoms with E-state index in [1.807, 2.05) is 19.1 Å². The number of carbonyl (C=O) groups is 2. The first kappa shape index (κ1) is 15.8. The Morgan fingerprint density at radius 1 is 0.727 bits per heavy atom. The summed E-state index contributed by atoms with van der Waals surface area (Å²) in [6.45, 7) is 4.09. The first-order valence-electron chi connectivity index (χ1n) is 7.13. The lowest BCUT2D eigenvalue weighted by Gasteiger charge is -2.10. The van der Waals surface area contributed by atoms with Gasteiger partial charge in [0.05, 0.1) is 0 Å². The van der Waals surface area contributed by atoms with Crippen LogP contribution in [-0.4, -0.2) is 25.9 Å². The highest BCUT2D eigenvalue weighted by molar-refractivity contribution is 6.01. The van der Waals surface area contributed by atoms with Gasteiger partial charge in [-0.15, -0.1) is 0 Å². The Balaban J connectivity index is 2.60. The van der Waals surface area contributed by atoms with Crippen molar-refractivity contribution in [2.24, 2.45) is 0 Å². The zero-order chi connectivity index (χ0) is 16.3. The van der Waals surface area contributed by atoms with Crippen molar-refractivity contribution in [3.8, 4) is 11.1 Å². The number of benzene rings is 2. The second kappa shape index (κ2) is 6.43. The standard InChI is InChI=1S/C18H20N2O2/c1-11-5-6-13(7-12(11)2)14-8-15(17(21)19-3)10-16(9-14)18(22)20-4/h5-10H,1-4H3,(H,19,21)(H,20,22). The molecule has 0 heterocycles. The fraction of sp³-hybridized carbons (Fsp3) is 0.222. The van der Waals surface area contributed by atoms with Crippen LogP contribution < -0.4 is 10.6 Å². The highest BCUT2D eigenvalue weighted by Crippen LogP contribution is 2.25. The van der Waals surface area contributed by atoms with Gasteiger partial charge in [0.25, 0.3) is 11.8 Å². The molecule has 2 N–H and O–H groups in total. The summed E-state index contributed by atoms with van der Waals surface area (Å²) in [5, 5.41) is 5.19. The Morgan fingerprint density at radius 3 is 1.73 bits per heavy atom. The normalized spacial score (nSPS) is 10.2. The molecule has 4 heteroatoms. The van der Waals surface area contributed by atoms with Crippen LogP contribution in [0.25, 0.3) is 11.1 Å². The molecule has 0 bridgehead atoms. The van der Waals surface area contributed by atoms with Gasteiger partial charge in [0, 0.05) is 25.2 Å². The number of carbonyl (C=O) groups excluding carboxylic acids is 2. The zero-order valence-corrected chi connectivity index (χ0v) is 13.3. The average Bonchev–Trinajstić information content (AvgIpc) is 2.55. The van der Waals surface area contributed by atoms with Crippen LogP contribution in [0.15, 0.2) is 36.4 Å². The lowest BCUT2D eigenvalue weighted by atomic mass is 9.96. The van der Waals surface area contributed by atoms with Gasteiger partial charge in [-0.2, -0.15) is 0 Å². The molecule has 0 spiro atoms. The zero-order valence-electron chi connectivity index (χ0n) is 13.3. The predicted octanol–water partition coefficient (Wildman–Crippen LogP) is 2.69. The smallest absolute Gasteiger partial charge is 0.251 e. The van der Waals surface area contributed by atoms with Crippen LogP contribution in [0, 0.1) is 13.8 Å². The minimum atomic E-state index is -0.212. The van der Waals surface area contributed by atoms with E-state index >= 15 is 0 Å². The first-order valence-corrected chi connectivity index (χ1v) is 7.13. The van der Waals surface area contributed by atoms with Gasteiger partial charge in [-0.05, 0) is 54.3 Å². The monoisotopic (exact) mass is 296 g/mol. The molecule has 2 aromatic carbocycles. The van der Waals surface area contributed by atoms with Gasteiger partial charge in [-0.25, -0.2) is 0 Å². The molecule has 0 saturated heterocycles. The van der Waals surface area contributed by atoms with E-state index in [1.165, 1.54) is 11.1 Å². The van der Waals surface area contributed by atoms with Crippen LogP contribution in [0.4, 0.5) is 0 Å². The number of rotatable bonds is 3. The quantitative estimate of drug-likeness (QED) is 0.915. The number of nitrogens with one attached hydrogen (secondary N) is 2. The van der Waals surface area contributed by atoms with Crippen molar-refractivity contribution in [2.45, 2.75) is 13.8 Å². The maximum atomic E-state index is 11.9. The summed E-state index contributed by atoms with van der Waals surface area (Å²) in [4.78, 5) is 23.9. The molecule has 0 saturated carbocycles. The van der Waals surface area contributed by atoms with E-state index in [2.05, 4.69) is 23.6 Å². The van der Waals surface area contributed by atoms with Crippen LogP contribution >= 0.6 is 0 Å². The molecule has 0 aromatic heterocycles. The summed E-state index contributed by atoms with van der Waals surface area (Å²) in [7, 11) is 3.15. The highest BCUT2D eigenvalue weighted by atomic mass is 16.2. The van der Waals surface area contributed by atoms with E-state index in [-0.39, 0.29) is 11.8 Å². The Kier molecular flexibility index (Phi) is 4.61. The molecule has 2 rings (SSSR count). The van der Waals surface area contributed by atoms with Crippen LogP contribution in [-0.2, 0) is 0 Å². The maximum absolute atomic E-state index is 11.9. The molecule has 22 heavy (non-hydrogen) atoms. The van der Waals surface area contributed by atoms with E-state index in [9.17, 15) is 9.59 Å². The third-order valence-corrected chi connectivity index (χ3v) is 3.75. The van der Waals surface area contributed by atoms with Crippen molar-refractivity contribution in [3.63, 3.8) is 0 Å². The third-order valence-electron chi connectivity index (χ3n) is 3.75. The summed E-state index contributed by atoms with van der Waals surface area (Å²) < 4.78 is 0. The summed E-state index contributed by atoms with van der Waals surface area (Å²) in [6, 6.07) is 11.3. The van der Waals surface area contributed by atoms with Gasteiger partial charge in [0.1, 0.15) is 0 Å². The fourth-order valence-electron chi connectivity index (χ4n) is 2.27. The Morgan fingerprint density at radius 2 is 1.27 bits per heavy atom. The summed E-state index contributed by atoms with van der Waals surface area (Å²) in [6.07, 6.45) is 0. The minimum absolute atomic E-state index is 0.212. The van der Waals surface area contributed by atoms with Crippen LogP contribution in [0.3, 0.4) is 0 Å². The predicted molar refractivity (Wildman–Crippen MR) is 88.1 cm³/mol. The van der Waals surface area contributed by atoms with Crippen LogP contribution in [0.1, 0.15) is 31.8 Å². The van der Waals surface area contributed by atoms with E-state index in [4.69, 9.17) is 0 Å². The van der Waals surface area contributed by atoms with Crippen molar-refractivity contribution in [2.75, 3.05) is 14.1 Å². The number of hydrogen-bond donors (Lipinski definition) is 2. The number of aryl methyl sites for hydroxylation is 2. The van der Waals surface area contributed by atoms with Gasteiger partial charge in [-0.1, -0.05) is 18.2 Å². The average molecular weight is 296 g/mol. The molecule has 114 valence electrons. The SMILES string of the molecule is CNC(=O)c1cc(C(=O)NC)cc(-c2ccc(C)c(C)c2)c1. The van der Waals surface area contributed by atoms with Crippen LogP contribution in [0.5, 0.6) is 0 Å². The van der Waals surface area contributed by atoms with Crippen molar-refractivity contribution in [1.29, 1.82) is 0 Å². The lowest BCUT2D eigenvalue weighted by molar-refractivity contribution is 0.0962. The van der Waals surface area contributed by atoms with E-state index in [1.54, 1.807) is 32.3 Å². The van der Waals surface area contributed by atoms with Gasteiger partial charge in [0.15, 0.2) is 0 Å². The Labute approximate surface area is 130 Å². The van der Waals surface area contributed by atoms with E-state index in [0.717, 1.165) is 11.1 Å². The van der Waals surface area contributed by atoms with Crippen molar-refractivity contribution < 1.29 is 9.59 Å². The molecule has 0 unspecified atom stereocenters. The number of amides is 2. The Bertz CT molecular complexity index is 702. The van der Waals surface area contributed by atoms with Crippen molar-refractivity contribution in [3.05, 3.63) is 58.7 Å². The molecule has 0 radical (unpaired) electrons. The first-order chi connectivity index (χ1) is 10.5. The molecule has 2 aromatic rings.